The number of hydrogen-bond acceptors (Lipinski definition) is 3. The third kappa shape index (κ3) is 4.02. The van der Waals surface area contributed by atoms with Gasteiger partial charge in [0.1, 0.15) is 17.7 Å². The van der Waals surface area contributed by atoms with Gasteiger partial charge in [0.15, 0.2) is 6.61 Å². The molecule has 1 aromatic carbocycles. The molecule has 0 unspecified atom stereocenters. The maximum Gasteiger partial charge on any atom is 0.344 e. The molecule has 0 aliphatic heterocycles. The molecule has 4 heteroatoms. The molecule has 0 N–H and O–H groups in total. The van der Waals surface area contributed by atoms with E-state index in [1.54, 1.807) is 0 Å². The molecule has 1 aromatic rings. The molecule has 0 bridgehead atoms. The van der Waals surface area contributed by atoms with Crippen LogP contribution in [0.3, 0.4) is 0 Å². The first kappa shape index (κ1) is 12.9. The second-order valence-corrected chi connectivity index (χ2v) is 4.49. The standard InChI is InChI=1S/C14H17FO3/c15-11-6-8-12(9-7-11)17-10-14(16)18-13-4-2-1-3-5-13/h6-9,13H,1-5,10H2. The van der Waals surface area contributed by atoms with Crippen LogP contribution in [0.2, 0.25) is 0 Å². The van der Waals surface area contributed by atoms with E-state index in [0.29, 0.717) is 5.75 Å². The average Bonchev–Trinajstić information content (AvgIpc) is 2.39. The van der Waals surface area contributed by atoms with Gasteiger partial charge < -0.3 is 9.47 Å². The molecule has 1 saturated carbocycles. The lowest BCUT2D eigenvalue weighted by Gasteiger charge is -2.21. The molecule has 18 heavy (non-hydrogen) atoms. The molecule has 0 radical (unpaired) electrons. The molecule has 1 aliphatic rings. The molecule has 1 fully saturated rings. The predicted molar refractivity (Wildman–Crippen MR) is 64.9 cm³/mol. The molecule has 2 rings (SSSR count). The fourth-order valence-corrected chi connectivity index (χ4v) is 2.08. The van der Waals surface area contributed by atoms with Gasteiger partial charge in [0.2, 0.25) is 0 Å². The summed E-state index contributed by atoms with van der Waals surface area (Å²) in [6, 6.07) is 5.57. The number of benzene rings is 1. The lowest BCUT2D eigenvalue weighted by atomic mass is 9.98. The van der Waals surface area contributed by atoms with Crippen molar-refractivity contribution in [2.45, 2.75) is 38.2 Å². The van der Waals surface area contributed by atoms with Crippen molar-refractivity contribution in [2.75, 3.05) is 6.61 Å². The number of carbonyl (C=O) groups excluding carboxylic acids is 1. The average molecular weight is 252 g/mol. The number of rotatable bonds is 4. The van der Waals surface area contributed by atoms with Crippen LogP contribution in [0.5, 0.6) is 5.75 Å². The molecular formula is C14H17FO3. The van der Waals surface area contributed by atoms with Gasteiger partial charge in [0.05, 0.1) is 0 Å². The Morgan fingerprint density at radius 1 is 1.17 bits per heavy atom. The Balaban J connectivity index is 1.72. The van der Waals surface area contributed by atoms with Crippen LogP contribution < -0.4 is 4.74 Å². The van der Waals surface area contributed by atoms with E-state index < -0.39 is 0 Å². The SMILES string of the molecule is O=C(COc1ccc(F)cc1)OC1CCCCC1. The Kier molecular flexibility index (Phi) is 4.56. The first-order valence-corrected chi connectivity index (χ1v) is 6.32. The summed E-state index contributed by atoms with van der Waals surface area (Å²) in [6.45, 7) is -0.123. The molecule has 3 nitrogen and oxygen atoms in total. The van der Waals surface area contributed by atoms with Crippen LogP contribution in [0.1, 0.15) is 32.1 Å². The van der Waals surface area contributed by atoms with Crippen molar-refractivity contribution >= 4 is 5.97 Å². The minimum Gasteiger partial charge on any atom is -0.482 e. The summed E-state index contributed by atoms with van der Waals surface area (Å²) < 4.78 is 23.2. The molecular weight excluding hydrogens is 235 g/mol. The predicted octanol–water partition coefficient (Wildman–Crippen LogP) is 3.08. The summed E-state index contributed by atoms with van der Waals surface area (Å²) in [5.74, 6) is -0.213. The maximum atomic E-state index is 12.6. The third-order valence-corrected chi connectivity index (χ3v) is 3.02. The molecule has 98 valence electrons. The Bertz CT molecular complexity index is 383. The van der Waals surface area contributed by atoms with Crippen molar-refractivity contribution in [1.29, 1.82) is 0 Å². The van der Waals surface area contributed by atoms with E-state index in [9.17, 15) is 9.18 Å². The van der Waals surface area contributed by atoms with Gasteiger partial charge in [-0.25, -0.2) is 9.18 Å². The van der Waals surface area contributed by atoms with E-state index in [4.69, 9.17) is 9.47 Å². The van der Waals surface area contributed by atoms with Crippen LogP contribution >= 0.6 is 0 Å². The number of halogens is 1. The van der Waals surface area contributed by atoms with Crippen molar-refractivity contribution in [2.24, 2.45) is 0 Å². The second kappa shape index (κ2) is 6.38. The van der Waals surface area contributed by atoms with Crippen molar-refractivity contribution in [3.05, 3.63) is 30.1 Å². The summed E-state index contributed by atoms with van der Waals surface area (Å²) in [7, 11) is 0. The smallest absolute Gasteiger partial charge is 0.344 e. The van der Waals surface area contributed by atoms with E-state index in [1.165, 1.54) is 30.7 Å². The zero-order valence-corrected chi connectivity index (χ0v) is 10.2. The van der Waals surface area contributed by atoms with Crippen LogP contribution in [0.4, 0.5) is 4.39 Å². The normalized spacial score (nSPS) is 16.3. The Hall–Kier alpha value is -1.58. The molecule has 0 amide bonds. The fraction of sp³-hybridized carbons (Fsp3) is 0.500. The van der Waals surface area contributed by atoms with Gasteiger partial charge in [-0.15, -0.1) is 0 Å². The topological polar surface area (TPSA) is 35.5 Å². The van der Waals surface area contributed by atoms with Gasteiger partial charge in [0, 0.05) is 0 Å². The van der Waals surface area contributed by atoms with E-state index in [-0.39, 0.29) is 24.5 Å². The van der Waals surface area contributed by atoms with Crippen LogP contribution in [-0.4, -0.2) is 18.7 Å². The molecule has 0 aromatic heterocycles. The van der Waals surface area contributed by atoms with E-state index in [1.807, 2.05) is 0 Å². The number of carbonyl (C=O) groups is 1. The molecule has 0 saturated heterocycles. The highest BCUT2D eigenvalue weighted by atomic mass is 19.1. The third-order valence-electron chi connectivity index (χ3n) is 3.02. The second-order valence-electron chi connectivity index (χ2n) is 4.49. The molecule has 0 atom stereocenters. The monoisotopic (exact) mass is 252 g/mol. The Labute approximate surface area is 106 Å². The Morgan fingerprint density at radius 3 is 2.50 bits per heavy atom. The minimum absolute atomic E-state index is 0.0445. The van der Waals surface area contributed by atoms with Crippen molar-refractivity contribution < 1.29 is 18.7 Å². The molecule has 0 heterocycles. The first-order chi connectivity index (χ1) is 8.74. The van der Waals surface area contributed by atoms with Gasteiger partial charge in [-0.3, -0.25) is 0 Å². The van der Waals surface area contributed by atoms with Gasteiger partial charge in [-0.2, -0.15) is 0 Å². The highest BCUT2D eigenvalue weighted by molar-refractivity contribution is 5.71. The number of hydrogen-bond donors (Lipinski definition) is 0. The highest BCUT2D eigenvalue weighted by Crippen LogP contribution is 2.20. The van der Waals surface area contributed by atoms with Crippen LogP contribution in [0, 0.1) is 5.82 Å². The van der Waals surface area contributed by atoms with Gasteiger partial charge in [-0.05, 0) is 49.9 Å². The minimum atomic E-state index is -0.355. The van der Waals surface area contributed by atoms with Crippen LogP contribution in [-0.2, 0) is 9.53 Å². The van der Waals surface area contributed by atoms with E-state index in [0.717, 1.165) is 25.7 Å². The lowest BCUT2D eigenvalue weighted by molar-refractivity contribution is -0.152. The molecule has 1 aliphatic carbocycles. The lowest BCUT2D eigenvalue weighted by Crippen LogP contribution is -2.24. The molecule has 0 spiro atoms. The zero-order chi connectivity index (χ0) is 12.8. The number of esters is 1. The van der Waals surface area contributed by atoms with Crippen LogP contribution in [0.15, 0.2) is 24.3 Å². The van der Waals surface area contributed by atoms with E-state index >= 15 is 0 Å². The largest absolute Gasteiger partial charge is 0.482 e. The van der Waals surface area contributed by atoms with E-state index in [2.05, 4.69) is 0 Å². The van der Waals surface area contributed by atoms with Crippen molar-refractivity contribution in [1.82, 2.24) is 0 Å². The summed E-state index contributed by atoms with van der Waals surface area (Å²) in [6.07, 6.45) is 5.40. The summed E-state index contributed by atoms with van der Waals surface area (Å²) in [4.78, 5) is 11.5. The van der Waals surface area contributed by atoms with Crippen molar-refractivity contribution in [3.8, 4) is 5.75 Å². The maximum absolute atomic E-state index is 12.6. The summed E-state index contributed by atoms with van der Waals surface area (Å²) >= 11 is 0. The van der Waals surface area contributed by atoms with Gasteiger partial charge >= 0.3 is 5.97 Å². The first-order valence-electron chi connectivity index (χ1n) is 6.32. The van der Waals surface area contributed by atoms with Gasteiger partial charge in [-0.1, -0.05) is 6.42 Å². The quantitative estimate of drug-likeness (QED) is 0.772. The summed E-state index contributed by atoms with van der Waals surface area (Å²) in [5.41, 5.74) is 0. The number of ether oxygens (including phenoxy) is 2. The highest BCUT2D eigenvalue weighted by Gasteiger charge is 2.17. The Morgan fingerprint density at radius 2 is 1.83 bits per heavy atom. The van der Waals surface area contributed by atoms with Gasteiger partial charge in [0.25, 0.3) is 0 Å². The van der Waals surface area contributed by atoms with Crippen LogP contribution in [0.25, 0.3) is 0 Å². The zero-order valence-electron chi connectivity index (χ0n) is 10.2. The van der Waals surface area contributed by atoms with Crippen molar-refractivity contribution in [3.63, 3.8) is 0 Å². The fourth-order valence-electron chi connectivity index (χ4n) is 2.08. The summed E-state index contributed by atoms with van der Waals surface area (Å²) in [5, 5.41) is 0.